The third-order valence-corrected chi connectivity index (χ3v) is 6.55. The van der Waals surface area contributed by atoms with E-state index in [2.05, 4.69) is 79.4 Å². The van der Waals surface area contributed by atoms with Gasteiger partial charge in [-0.3, -0.25) is 0 Å². The highest BCUT2D eigenvalue weighted by Gasteiger charge is 2.13. The quantitative estimate of drug-likeness (QED) is 0.217. The highest BCUT2D eigenvalue weighted by Crippen LogP contribution is 2.43. The van der Waals surface area contributed by atoms with Crippen LogP contribution in [0.2, 0.25) is 0 Å². The molecule has 0 saturated heterocycles. The Hall–Kier alpha value is -4.40. The van der Waals surface area contributed by atoms with E-state index < -0.39 is 0 Å². The number of hydrogen-bond acceptors (Lipinski definition) is 8. The van der Waals surface area contributed by atoms with Crippen molar-refractivity contribution in [3.8, 4) is 0 Å². The van der Waals surface area contributed by atoms with Crippen molar-refractivity contribution < 1.29 is 8.83 Å². The van der Waals surface area contributed by atoms with E-state index in [1.807, 2.05) is 54.6 Å². The summed E-state index contributed by atoms with van der Waals surface area (Å²) in [5.41, 5.74) is 4.18. The minimum absolute atomic E-state index is 0.962. The second-order valence-corrected chi connectivity index (χ2v) is 9.08. The molecule has 0 bridgehead atoms. The summed E-state index contributed by atoms with van der Waals surface area (Å²) < 4.78 is 13.5. The van der Waals surface area contributed by atoms with Crippen LogP contribution < -0.4 is 5.32 Å². The van der Waals surface area contributed by atoms with Crippen LogP contribution in [0.1, 0.15) is 0 Å². The van der Waals surface area contributed by atoms with Gasteiger partial charge in [0.05, 0.1) is 17.6 Å². The summed E-state index contributed by atoms with van der Waals surface area (Å²) in [5, 5.41) is 10.8. The van der Waals surface area contributed by atoms with E-state index in [0.717, 1.165) is 16.9 Å². The van der Waals surface area contributed by atoms with Crippen molar-refractivity contribution in [1.29, 1.82) is 0 Å². The zero-order valence-electron chi connectivity index (χ0n) is 19.4. The number of aromatic nitrogens is 3. The Morgan fingerprint density at radius 2 is 1.51 bits per heavy atom. The number of fused-ring (bicyclic) bond motifs is 5. The lowest BCUT2D eigenvalue weighted by atomic mass is 10.2. The first-order valence-corrected chi connectivity index (χ1v) is 12.8. The molecule has 3 aromatic heterocycles. The molecule has 0 spiro atoms. The molecule has 37 heavy (non-hydrogen) atoms. The SMILES string of the molecule is [c]1cccc2c1Nc1ccccc1S2.[c]1csnn1.[c]1ncco1.c1ccc2c(c1)oc1ccccc12. The average Bonchev–Trinajstić information content (AvgIpc) is 3.77. The topological polar surface area (TPSA) is 77.0 Å². The van der Waals surface area contributed by atoms with Gasteiger partial charge < -0.3 is 14.2 Å². The fourth-order valence-corrected chi connectivity index (χ4v) is 4.67. The number of nitrogens with one attached hydrogen (secondary N) is 1. The maximum absolute atomic E-state index is 5.65. The molecule has 8 heteroatoms. The molecule has 179 valence electrons. The predicted octanol–water partition coefficient (Wildman–Crippen LogP) is 8.09. The van der Waals surface area contributed by atoms with Crippen LogP contribution >= 0.6 is 23.3 Å². The van der Waals surface area contributed by atoms with E-state index in [1.165, 1.54) is 50.2 Å². The summed E-state index contributed by atoms with van der Waals surface area (Å²) in [4.78, 5) is 5.95. The monoisotopic (exact) mass is 519 g/mol. The second kappa shape index (κ2) is 12.5. The second-order valence-electron chi connectivity index (χ2n) is 7.38. The third kappa shape index (κ3) is 6.43. The van der Waals surface area contributed by atoms with Crippen LogP contribution in [0.25, 0.3) is 21.9 Å². The number of hydrogen-bond donors (Lipinski definition) is 1. The van der Waals surface area contributed by atoms with Crippen molar-refractivity contribution in [2.24, 2.45) is 0 Å². The normalized spacial score (nSPS) is 10.8. The van der Waals surface area contributed by atoms with Crippen LogP contribution in [0.15, 0.2) is 127 Å². The first-order valence-electron chi connectivity index (χ1n) is 11.2. The summed E-state index contributed by atoms with van der Waals surface area (Å²) >= 11 is 3.09. The molecule has 0 aliphatic carbocycles. The number of nitrogens with zero attached hydrogens (tertiary/aromatic N) is 3. The lowest BCUT2D eigenvalue weighted by Crippen LogP contribution is -1.98. The third-order valence-electron chi connectivity index (χ3n) is 5.03. The van der Waals surface area contributed by atoms with Crippen LogP contribution in [0.5, 0.6) is 0 Å². The van der Waals surface area contributed by atoms with Gasteiger partial charge in [0.2, 0.25) is 0 Å². The van der Waals surface area contributed by atoms with Crippen molar-refractivity contribution in [3.05, 3.63) is 127 Å². The highest BCUT2D eigenvalue weighted by atomic mass is 32.2. The minimum atomic E-state index is 0.962. The predicted molar refractivity (Wildman–Crippen MR) is 147 cm³/mol. The highest BCUT2D eigenvalue weighted by molar-refractivity contribution is 7.99. The van der Waals surface area contributed by atoms with Crippen molar-refractivity contribution >= 4 is 56.6 Å². The summed E-state index contributed by atoms with van der Waals surface area (Å²) in [6, 6.07) is 33.8. The van der Waals surface area contributed by atoms with Gasteiger partial charge in [0, 0.05) is 32.0 Å². The van der Waals surface area contributed by atoms with Crippen LogP contribution in [0.4, 0.5) is 11.4 Å². The number of rotatable bonds is 0. The van der Waals surface area contributed by atoms with E-state index in [1.54, 1.807) is 17.1 Å². The van der Waals surface area contributed by atoms with Gasteiger partial charge in [-0.25, -0.2) is 4.98 Å². The molecule has 4 heterocycles. The number of benzene rings is 4. The van der Waals surface area contributed by atoms with Gasteiger partial charge in [-0.2, -0.15) is 0 Å². The molecular formula is C29H19N4O2S2. The van der Waals surface area contributed by atoms with Crippen molar-refractivity contribution in [2.75, 3.05) is 5.32 Å². The summed E-state index contributed by atoms with van der Waals surface area (Å²) in [7, 11) is 0. The Morgan fingerprint density at radius 3 is 2.14 bits per heavy atom. The molecule has 1 aliphatic heterocycles. The van der Waals surface area contributed by atoms with Crippen LogP contribution in [-0.2, 0) is 0 Å². The fourth-order valence-electron chi connectivity index (χ4n) is 3.46. The van der Waals surface area contributed by atoms with E-state index in [-0.39, 0.29) is 0 Å². The standard InChI is InChI=1S/C12H8NS.C12H8O.C3H2NO.C2HN2S/c1-3-7-11-9(5-1)13-10-6-2-4-8-12(10)14-11;1-3-7-11-9(5-1)10-6-2-4-8-12(10)13-11;1-2-5-3-4-1;1-2-5-4-3-1/h1-5,7-8,13H;1-8H;1-2H;2H. The van der Waals surface area contributed by atoms with E-state index in [9.17, 15) is 0 Å². The van der Waals surface area contributed by atoms with Gasteiger partial charge in [0.15, 0.2) is 0 Å². The number of furan rings is 1. The summed E-state index contributed by atoms with van der Waals surface area (Å²) in [6.45, 7) is 0. The lowest BCUT2D eigenvalue weighted by molar-refractivity contribution is 0.548. The molecular weight excluding hydrogens is 500 g/mol. The van der Waals surface area contributed by atoms with Gasteiger partial charge in [-0.15, -0.1) is 5.10 Å². The molecule has 1 aliphatic rings. The molecule has 0 atom stereocenters. The Morgan fingerprint density at radius 1 is 0.784 bits per heavy atom. The van der Waals surface area contributed by atoms with Gasteiger partial charge >= 0.3 is 0 Å². The largest absolute Gasteiger partial charge is 0.456 e. The Balaban J connectivity index is 0.000000112. The molecule has 8 rings (SSSR count). The maximum Gasteiger partial charge on any atom is 0.283 e. The molecule has 7 aromatic rings. The zero-order valence-corrected chi connectivity index (χ0v) is 21.0. The van der Waals surface area contributed by atoms with Crippen molar-refractivity contribution in [3.63, 3.8) is 0 Å². The Labute approximate surface area is 222 Å². The van der Waals surface area contributed by atoms with Crippen molar-refractivity contribution in [2.45, 2.75) is 9.79 Å². The van der Waals surface area contributed by atoms with E-state index in [0.29, 0.717) is 0 Å². The van der Waals surface area contributed by atoms with Crippen LogP contribution in [0, 0.1) is 18.7 Å². The average molecular weight is 520 g/mol. The van der Waals surface area contributed by atoms with E-state index >= 15 is 0 Å². The number of anilines is 2. The molecule has 0 saturated carbocycles. The van der Waals surface area contributed by atoms with Crippen LogP contribution in [-0.4, -0.2) is 14.6 Å². The van der Waals surface area contributed by atoms with Gasteiger partial charge in [-0.05, 0) is 41.9 Å². The van der Waals surface area contributed by atoms with Gasteiger partial charge in [0.1, 0.15) is 23.6 Å². The van der Waals surface area contributed by atoms with Gasteiger partial charge in [0.25, 0.3) is 6.39 Å². The lowest BCUT2D eigenvalue weighted by Gasteiger charge is -2.19. The first kappa shape index (κ1) is 24.3. The number of oxazole rings is 1. The molecule has 0 amide bonds. The van der Waals surface area contributed by atoms with Crippen molar-refractivity contribution in [1.82, 2.24) is 14.6 Å². The Bertz CT molecular complexity index is 1450. The summed E-state index contributed by atoms with van der Waals surface area (Å²) in [6.07, 6.45) is 7.74. The molecule has 0 fully saturated rings. The molecule has 1 N–H and O–H groups in total. The zero-order chi connectivity index (χ0) is 25.1. The van der Waals surface area contributed by atoms with E-state index in [4.69, 9.17) is 4.42 Å². The maximum atomic E-state index is 5.65. The minimum Gasteiger partial charge on any atom is -0.456 e. The molecule has 6 nitrogen and oxygen atoms in total. The molecule has 0 unspecified atom stereocenters. The molecule has 3 radical (unpaired) electrons. The fraction of sp³-hybridized carbons (Fsp3) is 0. The smallest absolute Gasteiger partial charge is 0.283 e. The number of para-hydroxylation sites is 4. The molecule has 4 aromatic carbocycles. The Kier molecular flexibility index (Phi) is 8.23. The van der Waals surface area contributed by atoms with Crippen LogP contribution in [0.3, 0.4) is 0 Å². The first-order chi connectivity index (χ1) is 18.4. The van der Waals surface area contributed by atoms with Gasteiger partial charge in [-0.1, -0.05) is 76.9 Å². The summed E-state index contributed by atoms with van der Waals surface area (Å²) in [5.74, 6) is 0.